The van der Waals surface area contributed by atoms with E-state index in [4.69, 9.17) is 0 Å². The van der Waals surface area contributed by atoms with E-state index in [1.54, 1.807) is 36.7 Å². The summed E-state index contributed by atoms with van der Waals surface area (Å²) in [4.78, 5) is 43.0. The van der Waals surface area contributed by atoms with Crippen molar-refractivity contribution in [2.45, 2.75) is 37.1 Å². The molecule has 0 bridgehead atoms. The Hall–Kier alpha value is -3.69. The number of amides is 3. The number of ketones is 1. The molecule has 0 atom stereocenters. The van der Waals surface area contributed by atoms with Crippen LogP contribution in [0.5, 0.6) is 0 Å². The number of Topliss-reactive ketones (excluding diaryl/α,β-unsaturated/α-hetero) is 1. The largest absolute Gasteiger partial charge is 0.325 e. The molecule has 1 aliphatic heterocycles. The third-order valence-corrected chi connectivity index (χ3v) is 6.25. The molecule has 2 aromatic heterocycles. The predicted octanol–water partition coefficient (Wildman–Crippen LogP) is 3.31. The number of fused-ring (bicyclic) bond motifs is 1. The first-order valence-corrected chi connectivity index (χ1v) is 10.2. The first kappa shape index (κ1) is 20.2. The minimum absolute atomic E-state index is 0.141. The van der Waals surface area contributed by atoms with E-state index in [1.165, 1.54) is 0 Å². The van der Waals surface area contributed by atoms with Gasteiger partial charge in [0.05, 0.1) is 12.7 Å². The highest BCUT2D eigenvalue weighted by Gasteiger charge is 2.55. The van der Waals surface area contributed by atoms with Crippen molar-refractivity contribution in [3.05, 3.63) is 48.3 Å². The fourth-order valence-corrected chi connectivity index (χ4v) is 4.37. The number of H-pyrrole nitrogens is 1. The Kier molecular flexibility index (Phi) is 4.54. The lowest BCUT2D eigenvalue weighted by atomic mass is 9.80. The van der Waals surface area contributed by atoms with Gasteiger partial charge in [-0.3, -0.25) is 19.6 Å². The third kappa shape index (κ3) is 3.31. The number of hydrogen-bond donors (Lipinski definition) is 2. The Bertz CT molecular complexity index is 1230. The van der Waals surface area contributed by atoms with E-state index in [2.05, 4.69) is 20.5 Å². The van der Waals surface area contributed by atoms with Gasteiger partial charge >= 0.3 is 6.03 Å². The van der Waals surface area contributed by atoms with Crippen LogP contribution in [0, 0.1) is 0 Å². The second-order valence-electron chi connectivity index (χ2n) is 8.25. The number of pyridine rings is 1. The topological polar surface area (TPSA) is 108 Å². The molecule has 0 unspecified atom stereocenters. The summed E-state index contributed by atoms with van der Waals surface area (Å²) in [5.74, 6) is -3.86. The lowest BCUT2D eigenvalue weighted by Gasteiger charge is -2.34. The van der Waals surface area contributed by atoms with Crippen molar-refractivity contribution in [1.82, 2.24) is 25.4 Å². The number of nitrogens with one attached hydrogen (secondary N) is 2. The van der Waals surface area contributed by atoms with Crippen molar-refractivity contribution in [1.29, 1.82) is 0 Å². The number of aromatic nitrogens is 3. The van der Waals surface area contributed by atoms with Crippen molar-refractivity contribution in [3.63, 3.8) is 0 Å². The van der Waals surface area contributed by atoms with Crippen LogP contribution in [0.25, 0.3) is 22.2 Å². The average Bonchev–Trinajstić information content (AvgIpc) is 3.35. The van der Waals surface area contributed by atoms with Gasteiger partial charge in [0.1, 0.15) is 5.54 Å². The summed E-state index contributed by atoms with van der Waals surface area (Å²) in [5.41, 5.74) is 1.40. The van der Waals surface area contributed by atoms with Crippen LogP contribution in [0.15, 0.2) is 42.7 Å². The highest BCUT2D eigenvalue weighted by molar-refractivity contribution is 6.11. The maximum Gasteiger partial charge on any atom is 0.325 e. The summed E-state index contributed by atoms with van der Waals surface area (Å²) in [6, 6.07) is 7.91. The van der Waals surface area contributed by atoms with Crippen LogP contribution in [-0.2, 0) is 4.79 Å². The van der Waals surface area contributed by atoms with Gasteiger partial charge in [-0.15, -0.1) is 0 Å². The number of benzene rings is 1. The molecule has 164 valence electrons. The van der Waals surface area contributed by atoms with Gasteiger partial charge in [0.2, 0.25) is 5.92 Å². The summed E-state index contributed by atoms with van der Waals surface area (Å²) in [6.45, 7) is -0.441. The van der Waals surface area contributed by atoms with E-state index in [0.717, 1.165) is 21.4 Å². The molecule has 32 heavy (non-hydrogen) atoms. The first-order chi connectivity index (χ1) is 15.3. The maximum atomic E-state index is 13.5. The Morgan fingerprint density at radius 2 is 1.78 bits per heavy atom. The van der Waals surface area contributed by atoms with Crippen LogP contribution < -0.4 is 5.32 Å². The number of alkyl halides is 2. The van der Waals surface area contributed by atoms with E-state index < -0.39 is 48.6 Å². The van der Waals surface area contributed by atoms with Crippen molar-refractivity contribution < 1.29 is 23.2 Å². The van der Waals surface area contributed by atoms with E-state index in [9.17, 15) is 23.2 Å². The summed E-state index contributed by atoms with van der Waals surface area (Å²) in [6.07, 6.45) is 2.11. The second-order valence-corrected chi connectivity index (χ2v) is 8.25. The monoisotopic (exact) mass is 439 g/mol. The standard InChI is InChI=1S/C22H19F2N5O3/c23-22(24)8-6-21(7-9-22)19(31)29(20(32)27-21)12-17(30)14-3-1-13(2-4-14)15-5-10-25-18-16(15)11-26-28-18/h1-5,10-11H,6-9,12H2,(H,27,32)(H,25,26,28). The van der Waals surface area contributed by atoms with Crippen molar-refractivity contribution in [2.24, 2.45) is 0 Å². The quantitative estimate of drug-likeness (QED) is 0.479. The van der Waals surface area contributed by atoms with Crippen LogP contribution in [0.1, 0.15) is 36.0 Å². The SMILES string of the molecule is O=C(CN1C(=O)NC2(CCC(F)(F)CC2)C1=O)c1ccc(-c2ccnc3[nH]ncc23)cc1. The average molecular weight is 439 g/mol. The molecule has 8 nitrogen and oxygen atoms in total. The fourth-order valence-electron chi connectivity index (χ4n) is 4.37. The Morgan fingerprint density at radius 3 is 2.50 bits per heavy atom. The van der Waals surface area contributed by atoms with Crippen molar-refractivity contribution in [2.75, 3.05) is 6.54 Å². The van der Waals surface area contributed by atoms with Gasteiger partial charge in [-0.2, -0.15) is 5.10 Å². The lowest BCUT2D eigenvalue weighted by molar-refractivity contribution is -0.135. The smallest absolute Gasteiger partial charge is 0.323 e. The van der Waals surface area contributed by atoms with E-state index in [-0.39, 0.29) is 12.8 Å². The first-order valence-electron chi connectivity index (χ1n) is 10.2. The minimum atomic E-state index is -2.84. The van der Waals surface area contributed by atoms with E-state index >= 15 is 0 Å². The van der Waals surface area contributed by atoms with Gasteiger partial charge in [-0.05, 0) is 30.0 Å². The highest BCUT2D eigenvalue weighted by Crippen LogP contribution is 2.41. The number of rotatable bonds is 4. The van der Waals surface area contributed by atoms with E-state index in [1.807, 2.05) is 6.07 Å². The zero-order chi connectivity index (χ0) is 22.5. The Balaban J connectivity index is 1.32. The van der Waals surface area contributed by atoms with Crippen LogP contribution in [0.2, 0.25) is 0 Å². The number of imide groups is 1. The molecule has 1 aliphatic carbocycles. The van der Waals surface area contributed by atoms with Gasteiger partial charge < -0.3 is 5.32 Å². The highest BCUT2D eigenvalue weighted by atomic mass is 19.3. The van der Waals surface area contributed by atoms with Crippen molar-refractivity contribution in [3.8, 4) is 11.1 Å². The molecule has 10 heteroatoms. The summed E-state index contributed by atoms with van der Waals surface area (Å²) >= 11 is 0. The molecule has 2 N–H and O–H groups in total. The number of halogens is 2. The number of carbonyl (C=O) groups excluding carboxylic acids is 3. The molecule has 2 fully saturated rings. The van der Waals surface area contributed by atoms with Gasteiger partial charge in [0.15, 0.2) is 11.4 Å². The van der Waals surface area contributed by atoms with Crippen LogP contribution in [0.3, 0.4) is 0 Å². The molecular formula is C22H19F2N5O3. The lowest BCUT2D eigenvalue weighted by Crippen LogP contribution is -2.51. The molecule has 1 saturated carbocycles. The molecule has 1 spiro atoms. The van der Waals surface area contributed by atoms with Crippen LogP contribution >= 0.6 is 0 Å². The van der Waals surface area contributed by atoms with Crippen LogP contribution in [-0.4, -0.2) is 55.8 Å². The van der Waals surface area contributed by atoms with Gasteiger partial charge in [0.25, 0.3) is 5.91 Å². The normalized spacial score (nSPS) is 19.5. The van der Waals surface area contributed by atoms with E-state index in [0.29, 0.717) is 11.2 Å². The molecule has 3 amide bonds. The molecule has 3 aromatic rings. The Morgan fingerprint density at radius 1 is 1.06 bits per heavy atom. The van der Waals surface area contributed by atoms with Crippen LogP contribution in [0.4, 0.5) is 13.6 Å². The summed E-state index contributed by atoms with van der Waals surface area (Å²) < 4.78 is 27.0. The van der Waals surface area contributed by atoms with Gasteiger partial charge in [0, 0.05) is 30.0 Å². The maximum absolute atomic E-state index is 13.5. The van der Waals surface area contributed by atoms with Gasteiger partial charge in [-0.1, -0.05) is 24.3 Å². The number of aromatic amines is 1. The van der Waals surface area contributed by atoms with Gasteiger partial charge in [-0.25, -0.2) is 18.6 Å². The summed E-state index contributed by atoms with van der Waals surface area (Å²) in [5, 5.41) is 10.2. The number of carbonyl (C=O) groups is 3. The zero-order valence-electron chi connectivity index (χ0n) is 16.9. The molecule has 5 rings (SSSR count). The number of urea groups is 1. The minimum Gasteiger partial charge on any atom is -0.323 e. The Labute approximate surface area is 181 Å². The summed E-state index contributed by atoms with van der Waals surface area (Å²) in [7, 11) is 0. The zero-order valence-corrected chi connectivity index (χ0v) is 16.9. The molecule has 3 heterocycles. The van der Waals surface area contributed by atoms with Crippen molar-refractivity contribution >= 4 is 28.8 Å². The molecule has 0 radical (unpaired) electrons. The molecule has 2 aliphatic rings. The number of hydrogen-bond acceptors (Lipinski definition) is 5. The molecule has 1 aromatic carbocycles. The molecular weight excluding hydrogens is 420 g/mol. The predicted molar refractivity (Wildman–Crippen MR) is 110 cm³/mol. The number of nitrogens with zero attached hydrogens (tertiary/aromatic N) is 3. The third-order valence-electron chi connectivity index (χ3n) is 6.25. The molecule has 1 saturated heterocycles. The second kappa shape index (κ2) is 7.18. The fraction of sp³-hybridized carbons (Fsp3) is 0.318.